The van der Waals surface area contributed by atoms with Crippen LogP contribution in [0, 0.1) is 3.70 Å². The van der Waals surface area contributed by atoms with Gasteiger partial charge in [0.25, 0.3) is 0 Å². The van der Waals surface area contributed by atoms with Gasteiger partial charge in [-0.1, -0.05) is 6.08 Å². The van der Waals surface area contributed by atoms with E-state index in [1.807, 2.05) is 49.3 Å². The molecule has 0 spiro atoms. The minimum atomic E-state index is -0.0794. The molecule has 8 nitrogen and oxygen atoms in total. The van der Waals surface area contributed by atoms with E-state index in [2.05, 4.69) is 37.7 Å². The van der Waals surface area contributed by atoms with E-state index in [-0.39, 0.29) is 5.91 Å². The van der Waals surface area contributed by atoms with Gasteiger partial charge in [-0.3, -0.25) is 4.79 Å². The van der Waals surface area contributed by atoms with Gasteiger partial charge in [0, 0.05) is 25.4 Å². The lowest BCUT2D eigenvalue weighted by Crippen LogP contribution is -2.24. The van der Waals surface area contributed by atoms with Crippen LogP contribution in [0.4, 0.5) is 11.5 Å². The summed E-state index contributed by atoms with van der Waals surface area (Å²) in [5, 5.41) is 5.25. The number of carbonyl (C=O) groups excluding carboxylic acids is 1. The van der Waals surface area contributed by atoms with Gasteiger partial charge >= 0.3 is 0 Å². The lowest BCUT2D eigenvalue weighted by molar-refractivity contribution is -0.113. The summed E-state index contributed by atoms with van der Waals surface area (Å²) in [5.74, 6) is 0.325. The molecule has 2 N–H and O–H groups in total. The predicted octanol–water partition coefficient (Wildman–Crippen LogP) is 2.08. The van der Waals surface area contributed by atoms with Crippen molar-refractivity contribution in [3.8, 4) is 5.69 Å². The van der Waals surface area contributed by atoms with Gasteiger partial charge in [0.05, 0.1) is 11.1 Å². The number of hydrogen-bond donors (Lipinski definition) is 1. The van der Waals surface area contributed by atoms with Crippen LogP contribution in [0.2, 0.25) is 0 Å². The third-order valence-electron chi connectivity index (χ3n) is 3.99. The molecule has 0 saturated heterocycles. The highest BCUT2D eigenvalue weighted by Gasteiger charge is 2.15. The largest absolute Gasteiger partial charge is 0.383 e. The van der Waals surface area contributed by atoms with E-state index >= 15 is 0 Å². The maximum atomic E-state index is 12.3. The van der Waals surface area contributed by atoms with E-state index in [1.54, 1.807) is 22.7 Å². The fourth-order valence-corrected chi connectivity index (χ4v) is 3.27. The summed E-state index contributed by atoms with van der Waals surface area (Å²) in [4.78, 5) is 24.2. The number of fused-ring (bicyclic) bond motifs is 1. The van der Waals surface area contributed by atoms with Crippen molar-refractivity contribution in [3.05, 3.63) is 46.4 Å². The molecule has 0 aliphatic heterocycles. The summed E-state index contributed by atoms with van der Waals surface area (Å²) in [6.07, 6.45) is 4.85. The maximum absolute atomic E-state index is 12.3. The van der Waals surface area contributed by atoms with Gasteiger partial charge in [-0.15, -0.1) is 0 Å². The standard InChI is InChI=1S/C18H20IN7O/c1-24(2)10-4-5-14(27)25(3)12-6-8-13(9-7-12)26-18-15(16(19)23-26)17(20)21-11-22-18/h4-9,11H,10H2,1-3H3,(H2,20,21,22)/b5-4+. The molecule has 140 valence electrons. The molecule has 0 radical (unpaired) electrons. The number of hydrogen-bond acceptors (Lipinski definition) is 6. The molecular weight excluding hydrogens is 457 g/mol. The number of nitrogen functional groups attached to an aromatic ring is 1. The van der Waals surface area contributed by atoms with Gasteiger partial charge in [-0.05, 0) is 61.0 Å². The summed E-state index contributed by atoms with van der Waals surface area (Å²) < 4.78 is 2.46. The Morgan fingerprint density at radius 1 is 1.22 bits per heavy atom. The number of likely N-dealkylation sites (N-methyl/N-ethyl adjacent to an activating group) is 2. The highest BCUT2D eigenvalue weighted by Crippen LogP contribution is 2.26. The van der Waals surface area contributed by atoms with Gasteiger partial charge in [0.2, 0.25) is 5.91 Å². The first-order valence-electron chi connectivity index (χ1n) is 8.22. The molecule has 0 atom stereocenters. The van der Waals surface area contributed by atoms with Crippen LogP contribution in [0.15, 0.2) is 42.7 Å². The maximum Gasteiger partial charge on any atom is 0.250 e. The van der Waals surface area contributed by atoms with E-state index in [9.17, 15) is 4.79 Å². The Labute approximate surface area is 170 Å². The van der Waals surface area contributed by atoms with Crippen LogP contribution in [0.5, 0.6) is 0 Å². The first kappa shape index (κ1) is 19.2. The van der Waals surface area contributed by atoms with Crippen molar-refractivity contribution in [2.45, 2.75) is 0 Å². The third-order valence-corrected chi connectivity index (χ3v) is 4.75. The second-order valence-corrected chi connectivity index (χ2v) is 7.26. The average Bonchev–Trinajstić information content (AvgIpc) is 2.99. The fraction of sp³-hybridized carbons (Fsp3) is 0.222. The van der Waals surface area contributed by atoms with Crippen molar-refractivity contribution < 1.29 is 4.79 Å². The monoisotopic (exact) mass is 477 g/mol. The molecule has 0 saturated carbocycles. The van der Waals surface area contributed by atoms with Crippen LogP contribution in [0.25, 0.3) is 16.7 Å². The summed E-state index contributed by atoms with van der Waals surface area (Å²) in [7, 11) is 5.66. The molecule has 9 heteroatoms. The Bertz CT molecular complexity index is 995. The molecule has 2 heterocycles. The molecule has 0 aliphatic carbocycles. The predicted molar refractivity (Wildman–Crippen MR) is 115 cm³/mol. The van der Waals surface area contributed by atoms with Crippen molar-refractivity contribution in [2.75, 3.05) is 38.3 Å². The van der Waals surface area contributed by atoms with E-state index in [4.69, 9.17) is 5.73 Å². The fourth-order valence-electron chi connectivity index (χ4n) is 2.53. The van der Waals surface area contributed by atoms with Crippen LogP contribution in [0.1, 0.15) is 0 Å². The number of halogens is 1. The van der Waals surface area contributed by atoms with Crippen molar-refractivity contribution in [1.29, 1.82) is 0 Å². The number of benzene rings is 1. The Morgan fingerprint density at radius 3 is 2.59 bits per heavy atom. The first-order valence-corrected chi connectivity index (χ1v) is 9.30. The molecule has 27 heavy (non-hydrogen) atoms. The smallest absolute Gasteiger partial charge is 0.250 e. The first-order chi connectivity index (χ1) is 12.9. The molecule has 1 amide bonds. The van der Waals surface area contributed by atoms with Crippen LogP contribution >= 0.6 is 22.6 Å². The molecule has 0 aliphatic rings. The highest BCUT2D eigenvalue weighted by atomic mass is 127. The lowest BCUT2D eigenvalue weighted by Gasteiger charge is -2.16. The summed E-state index contributed by atoms with van der Waals surface area (Å²) >= 11 is 2.12. The molecule has 1 aromatic carbocycles. The van der Waals surface area contributed by atoms with E-state index < -0.39 is 0 Å². The number of rotatable bonds is 5. The second-order valence-electron chi connectivity index (χ2n) is 6.24. The topological polar surface area (TPSA) is 93.2 Å². The highest BCUT2D eigenvalue weighted by molar-refractivity contribution is 14.1. The molecule has 0 bridgehead atoms. The minimum Gasteiger partial charge on any atom is -0.383 e. The number of aromatic nitrogens is 4. The van der Waals surface area contributed by atoms with Gasteiger partial charge in [-0.2, -0.15) is 5.10 Å². The third kappa shape index (κ3) is 4.08. The van der Waals surface area contributed by atoms with E-state index in [1.165, 1.54) is 6.33 Å². The van der Waals surface area contributed by atoms with Gasteiger partial charge in [-0.25, -0.2) is 14.6 Å². The van der Waals surface area contributed by atoms with Crippen LogP contribution in [-0.4, -0.2) is 58.2 Å². The Kier molecular flexibility index (Phi) is 5.71. The molecule has 3 rings (SSSR count). The van der Waals surface area contributed by atoms with Crippen LogP contribution in [0.3, 0.4) is 0 Å². The average molecular weight is 477 g/mol. The Hall–Kier alpha value is -2.53. The summed E-state index contributed by atoms with van der Waals surface area (Å²) in [5.41, 5.74) is 8.21. The number of amides is 1. The Morgan fingerprint density at radius 2 is 1.93 bits per heavy atom. The van der Waals surface area contributed by atoms with Gasteiger partial charge in [0.1, 0.15) is 15.8 Å². The van der Waals surface area contributed by atoms with E-state index in [0.717, 1.165) is 20.5 Å². The van der Waals surface area contributed by atoms with Crippen molar-refractivity contribution >= 4 is 51.0 Å². The molecule has 0 fully saturated rings. The SMILES string of the molecule is CN(C)C/C=C/C(=O)N(C)c1ccc(-n2nc(I)c3c(N)ncnc32)cc1. The van der Waals surface area contributed by atoms with Crippen LogP contribution < -0.4 is 10.6 Å². The molecule has 0 unspecified atom stereocenters. The van der Waals surface area contributed by atoms with Gasteiger partial charge in [0.15, 0.2) is 5.65 Å². The number of nitrogens with two attached hydrogens (primary N) is 1. The zero-order valence-corrected chi connectivity index (χ0v) is 17.5. The zero-order chi connectivity index (χ0) is 19.6. The zero-order valence-electron chi connectivity index (χ0n) is 15.3. The van der Waals surface area contributed by atoms with Crippen molar-refractivity contribution in [3.63, 3.8) is 0 Å². The normalized spacial score (nSPS) is 11.6. The number of nitrogens with zero attached hydrogens (tertiary/aromatic N) is 6. The van der Waals surface area contributed by atoms with Gasteiger partial charge < -0.3 is 15.5 Å². The minimum absolute atomic E-state index is 0.0794. The Balaban J connectivity index is 1.85. The van der Waals surface area contributed by atoms with E-state index in [0.29, 0.717) is 18.0 Å². The van der Waals surface area contributed by atoms with Crippen molar-refractivity contribution in [2.24, 2.45) is 0 Å². The summed E-state index contributed by atoms with van der Waals surface area (Å²) in [6, 6.07) is 7.53. The summed E-state index contributed by atoms with van der Waals surface area (Å²) in [6.45, 7) is 0.717. The molecule has 3 aromatic rings. The second kappa shape index (κ2) is 8.01. The molecule has 2 aromatic heterocycles. The molecular formula is C18H20IN7O. The lowest BCUT2D eigenvalue weighted by atomic mass is 10.2. The van der Waals surface area contributed by atoms with Crippen molar-refractivity contribution in [1.82, 2.24) is 24.6 Å². The van der Waals surface area contributed by atoms with Crippen LogP contribution in [-0.2, 0) is 4.79 Å². The quantitative estimate of drug-likeness (QED) is 0.447. The number of anilines is 2. The number of carbonyl (C=O) groups is 1.